The largest absolute Gasteiger partial charge is 0.321 e. The number of rotatable bonds is 2. The summed E-state index contributed by atoms with van der Waals surface area (Å²) in [4.78, 5) is 18.4. The summed E-state index contributed by atoms with van der Waals surface area (Å²) in [7, 11) is 0. The topological polar surface area (TPSA) is 42.0 Å². The van der Waals surface area contributed by atoms with Crippen LogP contribution in [0.5, 0.6) is 0 Å². The van der Waals surface area contributed by atoms with Crippen molar-refractivity contribution in [2.24, 2.45) is 0 Å². The number of fused-ring (bicyclic) bond motifs is 3. The molecule has 0 spiro atoms. The van der Waals surface area contributed by atoms with E-state index >= 15 is 0 Å². The van der Waals surface area contributed by atoms with Crippen molar-refractivity contribution < 1.29 is 4.79 Å². The van der Waals surface area contributed by atoms with E-state index in [1.165, 1.54) is 21.6 Å². The molecule has 108 valence electrons. The molecule has 0 bridgehead atoms. The zero-order chi connectivity index (χ0) is 14.9. The fourth-order valence-corrected chi connectivity index (χ4v) is 3.98. The highest BCUT2D eigenvalue weighted by Crippen LogP contribution is 2.39. The Morgan fingerprint density at radius 3 is 2.68 bits per heavy atom. The number of benzene rings is 1. The maximum absolute atomic E-state index is 12.4. The highest BCUT2D eigenvalue weighted by molar-refractivity contribution is 7.17. The molecule has 3 aromatic rings. The molecule has 1 aromatic carbocycles. The molecule has 1 aliphatic rings. The second-order valence-electron chi connectivity index (χ2n) is 5.31. The SMILES string of the molecule is O=C(Nc1ccncc1)c1cc2c(s1)-c1ccccc1CC2. The van der Waals surface area contributed by atoms with Crippen LogP contribution in [0, 0.1) is 0 Å². The number of anilines is 1. The van der Waals surface area contributed by atoms with E-state index in [1.807, 2.05) is 6.07 Å². The van der Waals surface area contributed by atoms with Crippen LogP contribution in [0.2, 0.25) is 0 Å². The van der Waals surface area contributed by atoms with Crippen molar-refractivity contribution in [3.63, 3.8) is 0 Å². The molecule has 1 aliphatic carbocycles. The Morgan fingerprint density at radius 1 is 1.05 bits per heavy atom. The summed E-state index contributed by atoms with van der Waals surface area (Å²) in [6.45, 7) is 0. The molecular weight excluding hydrogens is 292 g/mol. The van der Waals surface area contributed by atoms with Crippen LogP contribution in [0.25, 0.3) is 10.4 Å². The van der Waals surface area contributed by atoms with Gasteiger partial charge >= 0.3 is 0 Å². The first-order chi connectivity index (χ1) is 10.8. The van der Waals surface area contributed by atoms with Crippen LogP contribution in [0.15, 0.2) is 54.9 Å². The Bertz CT molecular complexity index is 839. The second-order valence-corrected chi connectivity index (χ2v) is 6.36. The van der Waals surface area contributed by atoms with Crippen molar-refractivity contribution in [2.75, 3.05) is 5.32 Å². The molecule has 2 aromatic heterocycles. The molecule has 0 aliphatic heterocycles. The van der Waals surface area contributed by atoms with E-state index in [2.05, 4.69) is 34.6 Å². The van der Waals surface area contributed by atoms with Gasteiger partial charge in [0.25, 0.3) is 5.91 Å². The fourth-order valence-electron chi connectivity index (χ4n) is 2.81. The van der Waals surface area contributed by atoms with Crippen LogP contribution in [0.3, 0.4) is 0 Å². The highest BCUT2D eigenvalue weighted by atomic mass is 32.1. The molecular formula is C18H14N2OS. The van der Waals surface area contributed by atoms with Crippen LogP contribution < -0.4 is 5.32 Å². The number of aromatic nitrogens is 1. The number of hydrogen-bond donors (Lipinski definition) is 1. The number of pyridine rings is 1. The third-order valence-electron chi connectivity index (χ3n) is 3.90. The molecule has 0 radical (unpaired) electrons. The van der Waals surface area contributed by atoms with Crippen molar-refractivity contribution in [3.8, 4) is 10.4 Å². The summed E-state index contributed by atoms with van der Waals surface area (Å²) in [6.07, 6.45) is 5.40. The van der Waals surface area contributed by atoms with Gasteiger partial charge in [0, 0.05) is 23.0 Å². The number of aryl methyl sites for hydroxylation is 2. The van der Waals surface area contributed by atoms with Crippen LogP contribution in [-0.2, 0) is 12.8 Å². The summed E-state index contributed by atoms with van der Waals surface area (Å²) in [5, 5.41) is 2.92. The molecule has 0 saturated carbocycles. The number of amides is 1. The lowest BCUT2D eigenvalue weighted by Crippen LogP contribution is -2.09. The van der Waals surface area contributed by atoms with Crippen molar-refractivity contribution in [2.45, 2.75) is 12.8 Å². The van der Waals surface area contributed by atoms with Gasteiger partial charge in [-0.25, -0.2) is 0 Å². The van der Waals surface area contributed by atoms with Gasteiger partial charge in [-0.05, 0) is 47.7 Å². The average Bonchev–Trinajstić information content (AvgIpc) is 3.00. The molecule has 2 heterocycles. The number of carbonyl (C=O) groups excluding carboxylic acids is 1. The van der Waals surface area contributed by atoms with E-state index in [-0.39, 0.29) is 5.91 Å². The zero-order valence-corrected chi connectivity index (χ0v) is 12.7. The van der Waals surface area contributed by atoms with Crippen LogP contribution >= 0.6 is 11.3 Å². The van der Waals surface area contributed by atoms with E-state index < -0.39 is 0 Å². The Morgan fingerprint density at radius 2 is 1.82 bits per heavy atom. The quantitative estimate of drug-likeness (QED) is 0.772. The van der Waals surface area contributed by atoms with Gasteiger partial charge < -0.3 is 5.32 Å². The summed E-state index contributed by atoms with van der Waals surface area (Å²) in [5.74, 6) is -0.0527. The molecule has 0 fully saturated rings. The summed E-state index contributed by atoms with van der Waals surface area (Å²) in [6, 6.07) is 14.1. The number of carbonyl (C=O) groups is 1. The predicted octanol–water partition coefficient (Wildman–Crippen LogP) is 4.16. The van der Waals surface area contributed by atoms with Crippen molar-refractivity contribution in [1.29, 1.82) is 0 Å². The van der Waals surface area contributed by atoms with E-state index in [0.717, 1.165) is 23.4 Å². The maximum Gasteiger partial charge on any atom is 0.265 e. The number of nitrogens with one attached hydrogen (secondary N) is 1. The molecule has 0 saturated heterocycles. The first-order valence-corrected chi connectivity index (χ1v) is 8.05. The van der Waals surface area contributed by atoms with E-state index in [0.29, 0.717) is 0 Å². The van der Waals surface area contributed by atoms with Crippen molar-refractivity contribution in [3.05, 3.63) is 70.9 Å². The molecule has 1 N–H and O–H groups in total. The summed E-state index contributed by atoms with van der Waals surface area (Å²) >= 11 is 1.58. The van der Waals surface area contributed by atoms with Crippen molar-refractivity contribution >= 4 is 22.9 Å². The highest BCUT2D eigenvalue weighted by Gasteiger charge is 2.21. The van der Waals surface area contributed by atoms with Gasteiger partial charge in [-0.3, -0.25) is 9.78 Å². The molecule has 0 atom stereocenters. The fraction of sp³-hybridized carbons (Fsp3) is 0.111. The first kappa shape index (κ1) is 13.2. The van der Waals surface area contributed by atoms with Gasteiger partial charge in [-0.2, -0.15) is 0 Å². The van der Waals surface area contributed by atoms with Gasteiger partial charge in [-0.15, -0.1) is 11.3 Å². The monoisotopic (exact) mass is 306 g/mol. The average molecular weight is 306 g/mol. The minimum absolute atomic E-state index is 0.0527. The van der Waals surface area contributed by atoms with Crippen LogP contribution in [-0.4, -0.2) is 10.9 Å². The molecule has 4 rings (SSSR count). The molecule has 22 heavy (non-hydrogen) atoms. The van der Waals surface area contributed by atoms with Gasteiger partial charge in [0.2, 0.25) is 0 Å². The lowest BCUT2D eigenvalue weighted by Gasteiger charge is -2.15. The van der Waals surface area contributed by atoms with E-state index in [9.17, 15) is 4.79 Å². The predicted molar refractivity (Wildman–Crippen MR) is 89.4 cm³/mol. The van der Waals surface area contributed by atoms with Crippen LogP contribution in [0.1, 0.15) is 20.8 Å². The van der Waals surface area contributed by atoms with E-state index in [4.69, 9.17) is 0 Å². The lowest BCUT2D eigenvalue weighted by molar-refractivity contribution is 0.103. The Hall–Kier alpha value is -2.46. The Labute approximate surface area is 132 Å². The number of hydrogen-bond acceptors (Lipinski definition) is 3. The molecule has 1 amide bonds. The Kier molecular flexibility index (Phi) is 3.24. The van der Waals surface area contributed by atoms with Crippen molar-refractivity contribution in [1.82, 2.24) is 4.98 Å². The third-order valence-corrected chi connectivity index (χ3v) is 5.11. The zero-order valence-electron chi connectivity index (χ0n) is 11.9. The van der Waals surface area contributed by atoms with E-state index in [1.54, 1.807) is 35.9 Å². The summed E-state index contributed by atoms with van der Waals surface area (Å²) in [5.41, 5.74) is 4.70. The molecule has 4 heteroatoms. The maximum atomic E-state index is 12.4. The number of thiophene rings is 1. The third kappa shape index (κ3) is 2.31. The molecule has 0 unspecified atom stereocenters. The van der Waals surface area contributed by atoms with Gasteiger partial charge in [0.1, 0.15) is 0 Å². The number of nitrogens with zero attached hydrogens (tertiary/aromatic N) is 1. The molecule has 3 nitrogen and oxygen atoms in total. The second kappa shape index (κ2) is 5.39. The normalized spacial score (nSPS) is 12.4. The Balaban J connectivity index is 1.66. The summed E-state index contributed by atoms with van der Waals surface area (Å²) < 4.78 is 0. The standard InChI is InChI=1S/C18H14N2OS/c21-18(20-14-7-9-19-10-8-14)16-11-13-6-5-12-3-1-2-4-15(12)17(13)22-16/h1-4,7-11H,5-6H2,(H,19,20,21). The lowest BCUT2D eigenvalue weighted by atomic mass is 9.91. The minimum Gasteiger partial charge on any atom is -0.321 e. The van der Waals surface area contributed by atoms with Gasteiger partial charge in [-0.1, -0.05) is 24.3 Å². The van der Waals surface area contributed by atoms with Crippen LogP contribution in [0.4, 0.5) is 5.69 Å². The van der Waals surface area contributed by atoms with Gasteiger partial charge in [0.05, 0.1) is 4.88 Å². The minimum atomic E-state index is -0.0527. The van der Waals surface area contributed by atoms with Gasteiger partial charge in [0.15, 0.2) is 0 Å². The smallest absolute Gasteiger partial charge is 0.265 e. The first-order valence-electron chi connectivity index (χ1n) is 7.23.